The molecule has 0 aliphatic carbocycles. The molecule has 0 spiro atoms. The van der Waals surface area contributed by atoms with Gasteiger partial charge in [0, 0.05) is 37.5 Å². The minimum Gasteiger partial charge on any atom is -0.369 e. The lowest BCUT2D eigenvalue weighted by atomic mass is 9.96. The zero-order chi connectivity index (χ0) is 18.0. The number of likely N-dealkylation sites (tertiary alicyclic amines) is 1. The van der Waals surface area contributed by atoms with Gasteiger partial charge in [-0.1, -0.05) is 0 Å². The number of hydrogen-bond donors (Lipinski definition) is 1. The van der Waals surface area contributed by atoms with E-state index in [0.29, 0.717) is 31.7 Å². The summed E-state index contributed by atoms with van der Waals surface area (Å²) in [5.74, 6) is -0.264. The van der Waals surface area contributed by atoms with E-state index in [-0.39, 0.29) is 23.3 Å². The Hall–Kier alpha value is -2.97. The predicted octanol–water partition coefficient (Wildman–Crippen LogP) is -0.286. The Morgan fingerprint density at radius 1 is 1.28 bits per heavy atom. The molecule has 3 rings (SSSR count). The van der Waals surface area contributed by atoms with Crippen LogP contribution in [0.5, 0.6) is 0 Å². The molecular weight excluding hydrogens is 324 g/mol. The Morgan fingerprint density at radius 2 is 2.00 bits per heavy atom. The Kier molecular flexibility index (Phi) is 4.64. The van der Waals surface area contributed by atoms with Crippen LogP contribution < -0.4 is 11.3 Å². The number of nitrogens with zero attached hydrogens (tertiary/aromatic N) is 5. The standard InChI is InChI=1S/C16H20N6O3/c1-11(16(25)20-9-5-12(6-10-20)15(17)24)22-14(23)4-3-13(19-22)21-8-2-7-18-21/h2-4,7-8,11-12H,5-6,9-10H2,1H3,(H2,17,24). The number of rotatable bonds is 4. The van der Waals surface area contributed by atoms with Crippen molar-refractivity contribution in [3.63, 3.8) is 0 Å². The van der Waals surface area contributed by atoms with E-state index < -0.39 is 6.04 Å². The lowest BCUT2D eigenvalue weighted by Crippen LogP contribution is -2.45. The number of piperidine rings is 1. The van der Waals surface area contributed by atoms with Gasteiger partial charge in [-0.05, 0) is 31.9 Å². The fourth-order valence-electron chi connectivity index (χ4n) is 2.97. The summed E-state index contributed by atoms with van der Waals surface area (Å²) in [5, 5.41) is 8.33. The highest BCUT2D eigenvalue weighted by Gasteiger charge is 2.29. The zero-order valence-corrected chi connectivity index (χ0v) is 13.9. The first-order valence-electron chi connectivity index (χ1n) is 8.15. The van der Waals surface area contributed by atoms with Crippen molar-refractivity contribution in [1.29, 1.82) is 0 Å². The Bertz CT molecular complexity index is 821. The minimum absolute atomic E-state index is 0.191. The molecule has 0 saturated carbocycles. The second-order valence-corrected chi connectivity index (χ2v) is 6.10. The van der Waals surface area contributed by atoms with Gasteiger partial charge in [0.1, 0.15) is 6.04 Å². The lowest BCUT2D eigenvalue weighted by Gasteiger charge is -2.32. The van der Waals surface area contributed by atoms with Crippen LogP contribution in [0.4, 0.5) is 0 Å². The molecule has 1 saturated heterocycles. The maximum absolute atomic E-state index is 12.7. The van der Waals surface area contributed by atoms with Gasteiger partial charge < -0.3 is 10.6 Å². The average Bonchev–Trinajstić information content (AvgIpc) is 3.15. The van der Waals surface area contributed by atoms with Crippen LogP contribution in [0.1, 0.15) is 25.8 Å². The number of carbonyl (C=O) groups excluding carboxylic acids is 2. The smallest absolute Gasteiger partial charge is 0.267 e. The molecule has 2 N–H and O–H groups in total. The molecule has 2 amide bonds. The monoisotopic (exact) mass is 344 g/mol. The Morgan fingerprint density at radius 3 is 2.60 bits per heavy atom. The van der Waals surface area contributed by atoms with Crippen molar-refractivity contribution in [2.45, 2.75) is 25.8 Å². The van der Waals surface area contributed by atoms with Crippen LogP contribution in [0.25, 0.3) is 5.82 Å². The molecule has 132 valence electrons. The van der Waals surface area contributed by atoms with Gasteiger partial charge in [-0.25, -0.2) is 9.36 Å². The van der Waals surface area contributed by atoms with E-state index in [1.807, 2.05) is 0 Å². The summed E-state index contributed by atoms with van der Waals surface area (Å²) in [7, 11) is 0. The van der Waals surface area contributed by atoms with E-state index in [2.05, 4.69) is 10.2 Å². The maximum atomic E-state index is 12.7. The molecule has 1 atom stereocenters. The number of primary amides is 1. The van der Waals surface area contributed by atoms with Crippen LogP contribution in [-0.4, -0.2) is 49.4 Å². The van der Waals surface area contributed by atoms with Crippen molar-refractivity contribution < 1.29 is 9.59 Å². The molecule has 2 aromatic heterocycles. The molecular formula is C16H20N6O3. The van der Waals surface area contributed by atoms with Gasteiger partial charge >= 0.3 is 0 Å². The molecule has 0 aromatic carbocycles. The SMILES string of the molecule is CC(C(=O)N1CCC(C(N)=O)CC1)n1nc(-n2cccn2)ccc1=O. The average molecular weight is 344 g/mol. The quantitative estimate of drug-likeness (QED) is 0.818. The van der Waals surface area contributed by atoms with Crippen molar-refractivity contribution in [3.05, 3.63) is 40.9 Å². The van der Waals surface area contributed by atoms with E-state index >= 15 is 0 Å². The first kappa shape index (κ1) is 16.9. The normalized spacial score (nSPS) is 16.6. The van der Waals surface area contributed by atoms with Crippen LogP contribution in [0.3, 0.4) is 0 Å². The lowest BCUT2D eigenvalue weighted by molar-refractivity contribution is -0.137. The molecule has 1 fully saturated rings. The van der Waals surface area contributed by atoms with Gasteiger partial charge in [0.2, 0.25) is 11.8 Å². The summed E-state index contributed by atoms with van der Waals surface area (Å²) in [6.07, 6.45) is 4.40. The molecule has 1 aliphatic heterocycles. The van der Waals surface area contributed by atoms with Gasteiger partial charge in [0.25, 0.3) is 5.56 Å². The van der Waals surface area contributed by atoms with Crippen molar-refractivity contribution in [2.75, 3.05) is 13.1 Å². The largest absolute Gasteiger partial charge is 0.369 e. The van der Waals surface area contributed by atoms with Crippen molar-refractivity contribution >= 4 is 11.8 Å². The minimum atomic E-state index is -0.742. The molecule has 0 radical (unpaired) electrons. The van der Waals surface area contributed by atoms with Gasteiger partial charge in [-0.3, -0.25) is 14.4 Å². The van der Waals surface area contributed by atoms with E-state index in [1.165, 1.54) is 15.4 Å². The van der Waals surface area contributed by atoms with Crippen molar-refractivity contribution in [3.8, 4) is 5.82 Å². The molecule has 1 aliphatic rings. The summed E-state index contributed by atoms with van der Waals surface area (Å²) >= 11 is 0. The van der Waals surface area contributed by atoms with Gasteiger partial charge in [-0.2, -0.15) is 5.10 Å². The zero-order valence-electron chi connectivity index (χ0n) is 13.9. The Labute approximate surface area is 144 Å². The molecule has 9 heteroatoms. The topological polar surface area (TPSA) is 116 Å². The molecule has 25 heavy (non-hydrogen) atoms. The molecule has 1 unspecified atom stereocenters. The summed E-state index contributed by atoms with van der Waals surface area (Å²) in [6, 6.07) is 3.93. The third kappa shape index (κ3) is 3.44. The summed E-state index contributed by atoms with van der Waals surface area (Å²) in [4.78, 5) is 37.8. The van der Waals surface area contributed by atoms with Crippen LogP contribution in [0.15, 0.2) is 35.4 Å². The number of nitrogens with two attached hydrogens (primary N) is 1. The first-order chi connectivity index (χ1) is 12.0. The fraction of sp³-hybridized carbons (Fsp3) is 0.438. The van der Waals surface area contributed by atoms with Crippen LogP contribution in [-0.2, 0) is 9.59 Å². The van der Waals surface area contributed by atoms with Crippen LogP contribution in [0.2, 0.25) is 0 Å². The maximum Gasteiger partial charge on any atom is 0.267 e. The fourth-order valence-corrected chi connectivity index (χ4v) is 2.97. The van der Waals surface area contributed by atoms with Gasteiger partial charge in [-0.15, -0.1) is 5.10 Å². The highest BCUT2D eigenvalue weighted by atomic mass is 16.2. The number of carbonyl (C=O) groups is 2. The molecule has 9 nitrogen and oxygen atoms in total. The highest BCUT2D eigenvalue weighted by Crippen LogP contribution is 2.19. The number of aromatic nitrogens is 4. The third-order valence-electron chi connectivity index (χ3n) is 4.48. The predicted molar refractivity (Wildman–Crippen MR) is 88.8 cm³/mol. The molecule has 0 bridgehead atoms. The third-order valence-corrected chi connectivity index (χ3v) is 4.48. The van der Waals surface area contributed by atoms with Gasteiger partial charge in [0.15, 0.2) is 5.82 Å². The summed E-state index contributed by atoms with van der Waals surface area (Å²) in [5.41, 5.74) is 4.96. The highest BCUT2D eigenvalue weighted by molar-refractivity contribution is 5.81. The van der Waals surface area contributed by atoms with Crippen LogP contribution in [0, 0.1) is 5.92 Å². The first-order valence-corrected chi connectivity index (χ1v) is 8.15. The molecule has 3 heterocycles. The van der Waals surface area contributed by atoms with E-state index in [4.69, 9.17) is 5.73 Å². The Balaban J connectivity index is 1.77. The number of hydrogen-bond acceptors (Lipinski definition) is 5. The summed E-state index contributed by atoms with van der Waals surface area (Å²) < 4.78 is 2.69. The molecule has 2 aromatic rings. The number of amides is 2. The van der Waals surface area contributed by atoms with Crippen molar-refractivity contribution in [2.24, 2.45) is 11.7 Å². The second-order valence-electron chi connectivity index (χ2n) is 6.10. The summed E-state index contributed by atoms with van der Waals surface area (Å²) in [6.45, 7) is 2.54. The van der Waals surface area contributed by atoms with E-state index in [0.717, 1.165) is 0 Å². The van der Waals surface area contributed by atoms with Crippen LogP contribution >= 0.6 is 0 Å². The van der Waals surface area contributed by atoms with E-state index in [9.17, 15) is 14.4 Å². The van der Waals surface area contributed by atoms with E-state index in [1.54, 1.807) is 36.4 Å². The second kappa shape index (κ2) is 6.88. The van der Waals surface area contributed by atoms with Gasteiger partial charge in [0.05, 0.1) is 0 Å². The van der Waals surface area contributed by atoms with Crippen molar-refractivity contribution in [1.82, 2.24) is 24.5 Å².